The number of hydrogen-bond acceptors (Lipinski definition) is 16. The average molecular weight is 1210 g/mol. The van der Waals surface area contributed by atoms with E-state index in [0.29, 0.717) is 82.9 Å². The highest BCUT2D eigenvalue weighted by atomic mass is 32.2. The lowest BCUT2D eigenvalue weighted by molar-refractivity contribution is -0.142. The van der Waals surface area contributed by atoms with Crippen LogP contribution in [0.4, 0.5) is 0 Å². The molecule has 1 aromatic carbocycles. The van der Waals surface area contributed by atoms with Gasteiger partial charge >= 0.3 is 5.97 Å². The van der Waals surface area contributed by atoms with Crippen LogP contribution in [0.3, 0.4) is 0 Å². The van der Waals surface area contributed by atoms with Crippen molar-refractivity contribution in [1.82, 2.24) is 21.3 Å². The van der Waals surface area contributed by atoms with Gasteiger partial charge in [-0.2, -0.15) is 8.42 Å². The van der Waals surface area contributed by atoms with Crippen molar-refractivity contribution in [2.24, 2.45) is 29.2 Å². The highest BCUT2D eigenvalue weighted by Gasteiger charge is 2.34. The van der Waals surface area contributed by atoms with Crippen molar-refractivity contribution in [3.8, 4) is 5.75 Å². The summed E-state index contributed by atoms with van der Waals surface area (Å²) < 4.78 is 51.9. The Bertz CT molecular complexity index is 2190. The Morgan fingerprint density at radius 2 is 1.11 bits per heavy atom. The lowest BCUT2D eigenvalue weighted by atomic mass is 9.80. The second-order valence-corrected chi connectivity index (χ2v) is 23.2. The molecule has 1 unspecified atom stereocenters. The topological polar surface area (TPSA) is 392 Å². The second-order valence-electron chi connectivity index (χ2n) is 21.6. The molecule has 0 saturated carbocycles. The Hall–Kier alpha value is -5.60. The molecule has 0 heterocycles. The van der Waals surface area contributed by atoms with Gasteiger partial charge in [0.1, 0.15) is 36.8 Å². The Kier molecular flexibility index (Phi) is 43.3. The molecule has 12 N–H and O–H groups in total. The molecule has 5 amide bonds. The van der Waals surface area contributed by atoms with Gasteiger partial charge in [0.2, 0.25) is 29.5 Å². The third-order valence-electron chi connectivity index (χ3n) is 14.2. The molecule has 24 nitrogen and oxygen atoms in total. The molecule has 1 rings (SSSR count). The van der Waals surface area contributed by atoms with Crippen LogP contribution in [-0.2, 0) is 73.8 Å². The second kappa shape index (κ2) is 47.6. The highest BCUT2D eigenvalue weighted by molar-refractivity contribution is 7.85. The molecule has 0 aliphatic rings. The van der Waals surface area contributed by atoms with Crippen molar-refractivity contribution < 1.29 is 80.5 Å². The average Bonchev–Trinajstić information content (AvgIpc) is 3.57. The van der Waals surface area contributed by atoms with Gasteiger partial charge in [0.25, 0.3) is 10.1 Å². The van der Waals surface area contributed by atoms with E-state index in [-0.39, 0.29) is 137 Å². The van der Waals surface area contributed by atoms with Crippen LogP contribution in [-0.4, -0.2) is 160 Å². The summed E-state index contributed by atoms with van der Waals surface area (Å²) in [5.41, 5.74) is 11.8. The summed E-state index contributed by atoms with van der Waals surface area (Å²) in [5.74, 6) is -5.51. The third-order valence-corrected chi connectivity index (χ3v) is 15.0. The number of aromatic hydroxyl groups is 1. The Labute approximate surface area is 497 Å². The standard InChI is InChI=1S/C59H101N7O17S/c1-44(56(72)45(2)49(23-15-16-24-52(60)61)58(74)66-51(57(62)73)41-46-26-28-47(67)29-27-46)21-17-18-32-63-55(71)43-83-39-36-80-34-20-22-48(68)42-82-38-37-81-35-33-64-53(69)31-30-50(59(75)76)65-54(70)25-14-12-10-8-6-4-3-5-7-9-11-13-19-40-84(77,78)79/h26-29,44-45,49-51,67H,3-25,30-43H2,1-2H3,(H3,60,61)(H2,62,73)(H,63,71)(H,64,69)(H,65,70)(H,66,74)(H,75,76)(H,77,78,79)/t44-,45?,49+,50-,51-/m0/s1. The van der Waals surface area contributed by atoms with Gasteiger partial charge < -0.3 is 61.9 Å². The van der Waals surface area contributed by atoms with Crippen LogP contribution in [0, 0.1) is 23.2 Å². The molecule has 0 aliphatic heterocycles. The van der Waals surface area contributed by atoms with Gasteiger partial charge in [-0.05, 0) is 69.1 Å². The number of aliphatic carboxylic acids is 1. The maximum Gasteiger partial charge on any atom is 0.326 e. The summed E-state index contributed by atoms with van der Waals surface area (Å²) in [6.45, 7) is 5.10. The van der Waals surface area contributed by atoms with Crippen molar-refractivity contribution in [2.45, 2.75) is 193 Å². The van der Waals surface area contributed by atoms with E-state index < -0.39 is 51.8 Å². The zero-order valence-electron chi connectivity index (χ0n) is 50.0. The number of amidine groups is 1. The van der Waals surface area contributed by atoms with Crippen LogP contribution in [0.5, 0.6) is 5.75 Å². The minimum absolute atomic E-state index is 0.0316. The fraction of sp³-hybridized carbons (Fsp3) is 0.746. The van der Waals surface area contributed by atoms with Gasteiger partial charge in [-0.15, -0.1) is 0 Å². The van der Waals surface area contributed by atoms with Crippen molar-refractivity contribution >= 4 is 63.0 Å². The number of benzene rings is 1. The van der Waals surface area contributed by atoms with E-state index in [0.717, 1.165) is 70.6 Å². The van der Waals surface area contributed by atoms with E-state index in [1.54, 1.807) is 19.1 Å². The lowest BCUT2D eigenvalue weighted by Crippen LogP contribution is -2.49. The monoisotopic (exact) mass is 1210 g/mol. The predicted octanol–water partition coefficient (Wildman–Crippen LogP) is 5.38. The van der Waals surface area contributed by atoms with Gasteiger partial charge in [-0.1, -0.05) is 109 Å². The van der Waals surface area contributed by atoms with Crippen LogP contribution in [0.2, 0.25) is 0 Å². The summed E-state index contributed by atoms with van der Waals surface area (Å²) in [4.78, 5) is 100. The minimum atomic E-state index is -3.86. The number of unbranched alkanes of at least 4 members (excludes halogenated alkanes) is 14. The number of ketones is 2. The van der Waals surface area contributed by atoms with Crippen molar-refractivity contribution in [3.05, 3.63) is 29.8 Å². The SMILES string of the molecule is CC(C(=O)[C@@H](C)CCCCNC(=O)COCCOCCCC(=O)COCCOCCNC(=O)CC[C@H](NC(=O)CCCCCCCCCCCCCCCS(=O)(=O)O)C(=O)O)[C@@H](CCCCC(=N)N)C(=O)N[C@@H](Cc1ccc(O)cc1)C(N)=O. The first-order valence-electron chi connectivity index (χ1n) is 30.2. The number of carbonyl (C=O) groups is 8. The fourth-order valence-electron chi connectivity index (χ4n) is 9.20. The number of carboxylic acid groups (broad SMARTS) is 1. The smallest absolute Gasteiger partial charge is 0.326 e. The maximum absolute atomic E-state index is 13.6. The van der Waals surface area contributed by atoms with Gasteiger partial charge in [-0.25, -0.2) is 4.79 Å². The number of carbonyl (C=O) groups excluding carboxylic acids is 7. The van der Waals surface area contributed by atoms with E-state index in [2.05, 4.69) is 21.3 Å². The number of phenols is 1. The van der Waals surface area contributed by atoms with Crippen molar-refractivity contribution in [3.63, 3.8) is 0 Å². The molecular formula is C59H101N7O17S. The number of amides is 5. The normalized spacial score (nSPS) is 13.2. The van der Waals surface area contributed by atoms with E-state index in [1.807, 2.05) is 6.92 Å². The number of Topliss-reactive ketones (excluding diaryl/α,β-unsaturated/α-hetero) is 2. The molecule has 0 aliphatic carbocycles. The summed E-state index contributed by atoms with van der Waals surface area (Å²) in [6.07, 6.45) is 17.1. The first-order chi connectivity index (χ1) is 40.1. The molecule has 0 bridgehead atoms. The molecule has 0 radical (unpaired) electrons. The highest BCUT2D eigenvalue weighted by Crippen LogP contribution is 2.26. The molecule has 480 valence electrons. The van der Waals surface area contributed by atoms with Crippen LogP contribution in [0.1, 0.15) is 180 Å². The van der Waals surface area contributed by atoms with E-state index >= 15 is 0 Å². The predicted molar refractivity (Wildman–Crippen MR) is 317 cm³/mol. The molecule has 0 aromatic heterocycles. The Morgan fingerprint density at radius 1 is 0.560 bits per heavy atom. The maximum atomic E-state index is 13.6. The zero-order valence-corrected chi connectivity index (χ0v) is 50.8. The van der Waals surface area contributed by atoms with Crippen molar-refractivity contribution in [2.75, 3.05) is 71.7 Å². The largest absolute Gasteiger partial charge is 0.508 e. The summed E-state index contributed by atoms with van der Waals surface area (Å²) in [7, 11) is -3.86. The van der Waals surface area contributed by atoms with E-state index in [4.69, 9.17) is 40.4 Å². The minimum Gasteiger partial charge on any atom is -0.508 e. The Balaban J connectivity index is 2.10. The molecule has 0 fully saturated rings. The van der Waals surface area contributed by atoms with E-state index in [9.17, 15) is 57.0 Å². The molecule has 25 heteroatoms. The lowest BCUT2D eigenvalue weighted by Gasteiger charge is -2.27. The number of rotatable bonds is 56. The van der Waals surface area contributed by atoms with Gasteiger partial charge in [0, 0.05) is 69.6 Å². The number of nitrogens with one attached hydrogen (secondary N) is 5. The van der Waals surface area contributed by atoms with Gasteiger partial charge in [0.05, 0.1) is 44.6 Å². The summed E-state index contributed by atoms with van der Waals surface area (Å²) >= 11 is 0. The summed E-state index contributed by atoms with van der Waals surface area (Å²) in [5, 5.41) is 37.4. The van der Waals surface area contributed by atoms with Crippen LogP contribution in [0.25, 0.3) is 0 Å². The van der Waals surface area contributed by atoms with Gasteiger partial charge in [-0.3, -0.25) is 43.5 Å². The van der Waals surface area contributed by atoms with Crippen molar-refractivity contribution in [1.29, 1.82) is 5.41 Å². The number of primary amides is 1. The number of phenolic OH excluding ortho intramolecular Hbond substituents is 1. The molecule has 1 aromatic rings. The number of carboxylic acids is 1. The van der Waals surface area contributed by atoms with Gasteiger partial charge in [0.15, 0.2) is 5.78 Å². The molecule has 5 atom stereocenters. The molecule has 0 saturated heterocycles. The van der Waals surface area contributed by atoms with Crippen LogP contribution < -0.4 is 32.7 Å². The van der Waals surface area contributed by atoms with E-state index in [1.165, 1.54) is 12.1 Å². The quantitative estimate of drug-likeness (QED) is 0.0169. The molecule has 0 spiro atoms. The number of nitrogens with two attached hydrogens (primary N) is 2. The number of hydrogen-bond donors (Lipinski definition) is 10. The number of ether oxygens (including phenoxy) is 4. The third kappa shape index (κ3) is 42.2. The molecule has 84 heavy (non-hydrogen) atoms. The van der Waals surface area contributed by atoms with Crippen LogP contribution >= 0.6 is 0 Å². The zero-order chi connectivity index (χ0) is 62.4. The fourth-order valence-corrected chi connectivity index (χ4v) is 9.77. The van der Waals surface area contributed by atoms with Crippen LogP contribution in [0.15, 0.2) is 24.3 Å². The summed E-state index contributed by atoms with van der Waals surface area (Å²) in [6, 6.07) is 4.00. The first kappa shape index (κ1) is 76.4. The first-order valence-corrected chi connectivity index (χ1v) is 31.8. The Morgan fingerprint density at radius 3 is 1.70 bits per heavy atom. The molecular weight excluding hydrogens is 1110 g/mol.